The third kappa shape index (κ3) is 5.47. The number of carbonyl (C=O) groups excluding carboxylic acids is 2. The molecule has 8 heteroatoms. The molecule has 0 bridgehead atoms. The van der Waals surface area contributed by atoms with Crippen LogP contribution in [0.25, 0.3) is 0 Å². The standard InChI is InChI=1S/C15H28N4O3S/c1-9(17-8-23-5)18-13(21)11-6-10(20)7-19(11)14(22)12(16)15(2,3)4/h8-12,20H,6-7,16H2,1-5H3,(H,18,21)/t9?,10-,11+,12-/m1/s1. The van der Waals surface area contributed by atoms with Crippen molar-refractivity contribution >= 4 is 29.1 Å². The Balaban J connectivity index is 2.81. The molecule has 132 valence electrons. The molecule has 4 atom stereocenters. The van der Waals surface area contributed by atoms with Crippen LogP contribution in [0.3, 0.4) is 0 Å². The molecular formula is C15H28N4O3S. The van der Waals surface area contributed by atoms with E-state index in [9.17, 15) is 14.7 Å². The van der Waals surface area contributed by atoms with Crippen molar-refractivity contribution in [2.24, 2.45) is 16.1 Å². The van der Waals surface area contributed by atoms with Gasteiger partial charge < -0.3 is 21.1 Å². The van der Waals surface area contributed by atoms with Gasteiger partial charge in [0, 0.05) is 13.0 Å². The minimum atomic E-state index is -0.727. The number of nitrogens with zero attached hydrogens (tertiary/aromatic N) is 2. The van der Waals surface area contributed by atoms with Gasteiger partial charge in [-0.25, -0.2) is 0 Å². The summed E-state index contributed by atoms with van der Waals surface area (Å²) in [6.07, 6.45) is 0.986. The first-order valence-corrected chi connectivity index (χ1v) is 8.95. The van der Waals surface area contributed by atoms with Crippen molar-refractivity contribution in [3.63, 3.8) is 0 Å². The second kappa shape index (κ2) is 8.12. The third-order valence-electron chi connectivity index (χ3n) is 3.80. The highest BCUT2D eigenvalue weighted by atomic mass is 32.2. The maximum Gasteiger partial charge on any atom is 0.244 e. The number of amides is 2. The first-order valence-electron chi connectivity index (χ1n) is 7.66. The molecule has 4 N–H and O–H groups in total. The lowest BCUT2D eigenvalue weighted by atomic mass is 9.86. The van der Waals surface area contributed by atoms with Crippen LogP contribution in [0.15, 0.2) is 4.99 Å². The number of likely N-dealkylation sites (tertiary alicyclic amines) is 1. The van der Waals surface area contributed by atoms with Crippen LogP contribution < -0.4 is 11.1 Å². The van der Waals surface area contributed by atoms with Crippen LogP contribution in [0.5, 0.6) is 0 Å². The maximum absolute atomic E-state index is 12.6. The van der Waals surface area contributed by atoms with E-state index in [2.05, 4.69) is 10.3 Å². The van der Waals surface area contributed by atoms with Crippen molar-refractivity contribution < 1.29 is 14.7 Å². The molecule has 7 nitrogen and oxygen atoms in total. The van der Waals surface area contributed by atoms with Crippen molar-refractivity contribution in [1.29, 1.82) is 0 Å². The van der Waals surface area contributed by atoms with Gasteiger partial charge in [-0.15, -0.1) is 11.8 Å². The molecule has 2 amide bonds. The van der Waals surface area contributed by atoms with Crippen LogP contribution in [0.1, 0.15) is 34.1 Å². The second-order valence-corrected chi connectivity index (χ2v) is 7.60. The monoisotopic (exact) mass is 344 g/mol. The van der Waals surface area contributed by atoms with Crippen LogP contribution in [-0.4, -0.2) is 64.5 Å². The Labute approximate surface area is 142 Å². The van der Waals surface area contributed by atoms with Gasteiger partial charge >= 0.3 is 0 Å². The highest BCUT2D eigenvalue weighted by Crippen LogP contribution is 2.24. The predicted molar refractivity (Wildman–Crippen MR) is 93.2 cm³/mol. The van der Waals surface area contributed by atoms with Crippen LogP contribution >= 0.6 is 11.8 Å². The molecule has 0 aromatic carbocycles. The summed E-state index contributed by atoms with van der Waals surface area (Å²) in [5, 5.41) is 12.6. The Hall–Kier alpha value is -1.12. The van der Waals surface area contributed by atoms with Crippen LogP contribution in [0.4, 0.5) is 0 Å². The first kappa shape index (κ1) is 19.9. The first-order chi connectivity index (χ1) is 10.6. The molecule has 0 saturated carbocycles. The average Bonchev–Trinajstić information content (AvgIpc) is 2.84. The summed E-state index contributed by atoms with van der Waals surface area (Å²) in [6, 6.07) is -1.44. The summed E-state index contributed by atoms with van der Waals surface area (Å²) in [5.41, 5.74) is 7.25. The summed E-state index contributed by atoms with van der Waals surface area (Å²) in [7, 11) is 0. The second-order valence-electron chi connectivity index (χ2n) is 6.91. The highest BCUT2D eigenvalue weighted by Gasteiger charge is 2.42. The molecule has 1 saturated heterocycles. The van der Waals surface area contributed by atoms with E-state index in [-0.39, 0.29) is 30.9 Å². The van der Waals surface area contributed by atoms with Crippen LogP contribution in [0.2, 0.25) is 0 Å². The van der Waals surface area contributed by atoms with E-state index in [1.165, 1.54) is 16.7 Å². The fourth-order valence-corrected chi connectivity index (χ4v) is 2.65. The van der Waals surface area contributed by atoms with Crippen molar-refractivity contribution in [3.05, 3.63) is 0 Å². The van der Waals surface area contributed by atoms with Gasteiger partial charge in [-0.1, -0.05) is 20.8 Å². The molecule has 1 aliphatic rings. The van der Waals surface area contributed by atoms with E-state index in [0.29, 0.717) is 0 Å². The van der Waals surface area contributed by atoms with Gasteiger partial charge in [0.2, 0.25) is 11.8 Å². The van der Waals surface area contributed by atoms with Crippen molar-refractivity contribution in [3.8, 4) is 0 Å². The van der Waals surface area contributed by atoms with E-state index in [1.54, 1.807) is 12.5 Å². The van der Waals surface area contributed by atoms with E-state index in [0.717, 1.165) is 0 Å². The van der Waals surface area contributed by atoms with E-state index in [4.69, 9.17) is 5.73 Å². The molecule has 0 spiro atoms. The van der Waals surface area contributed by atoms with E-state index in [1.807, 2.05) is 27.0 Å². The van der Waals surface area contributed by atoms with Crippen molar-refractivity contribution in [2.75, 3.05) is 12.8 Å². The average molecular weight is 344 g/mol. The number of carbonyl (C=O) groups is 2. The number of hydrogen-bond donors (Lipinski definition) is 3. The summed E-state index contributed by atoms with van der Waals surface area (Å²) >= 11 is 1.44. The Bertz CT molecular complexity index is 464. The number of aliphatic imine (C=N–C) groups is 1. The molecule has 0 aromatic heterocycles. The molecule has 1 rings (SSSR count). The summed E-state index contributed by atoms with van der Waals surface area (Å²) < 4.78 is 0. The fraction of sp³-hybridized carbons (Fsp3) is 0.800. The van der Waals surface area contributed by atoms with E-state index >= 15 is 0 Å². The Morgan fingerprint density at radius 2 is 2.09 bits per heavy atom. The lowest BCUT2D eigenvalue weighted by Crippen LogP contribution is -2.55. The number of nitrogens with one attached hydrogen (secondary N) is 1. The Kier molecular flexibility index (Phi) is 7.03. The fourth-order valence-electron chi connectivity index (χ4n) is 2.35. The third-order valence-corrected chi connectivity index (χ3v) is 4.14. The lowest BCUT2D eigenvalue weighted by molar-refractivity contribution is -0.141. The maximum atomic E-state index is 12.6. The summed E-state index contributed by atoms with van der Waals surface area (Å²) in [6.45, 7) is 7.50. The predicted octanol–water partition coefficient (Wildman–Crippen LogP) is 0.175. The number of thioether (sulfide) groups is 1. The van der Waals surface area contributed by atoms with Gasteiger partial charge in [-0.05, 0) is 18.6 Å². The zero-order valence-electron chi connectivity index (χ0n) is 14.4. The molecule has 23 heavy (non-hydrogen) atoms. The molecule has 0 aliphatic carbocycles. The number of aliphatic hydroxyl groups excluding tert-OH is 1. The normalized spacial score (nSPS) is 24.7. The Morgan fingerprint density at radius 1 is 1.48 bits per heavy atom. The number of hydrogen-bond acceptors (Lipinski definition) is 6. The summed E-state index contributed by atoms with van der Waals surface area (Å²) in [4.78, 5) is 30.5. The molecule has 1 fully saturated rings. The van der Waals surface area contributed by atoms with Gasteiger partial charge in [0.15, 0.2) is 0 Å². The minimum Gasteiger partial charge on any atom is -0.391 e. The number of rotatable bonds is 5. The molecule has 1 aliphatic heterocycles. The smallest absolute Gasteiger partial charge is 0.244 e. The molecule has 1 unspecified atom stereocenters. The zero-order valence-corrected chi connectivity index (χ0v) is 15.3. The number of nitrogens with two attached hydrogens (primary N) is 1. The quantitative estimate of drug-likeness (QED) is 0.487. The topological polar surface area (TPSA) is 108 Å². The summed E-state index contributed by atoms with van der Waals surface area (Å²) in [5.74, 6) is -0.628. The highest BCUT2D eigenvalue weighted by molar-refractivity contribution is 8.11. The lowest BCUT2D eigenvalue weighted by Gasteiger charge is -2.32. The van der Waals surface area contributed by atoms with Crippen molar-refractivity contribution in [2.45, 2.75) is 58.5 Å². The van der Waals surface area contributed by atoms with Crippen LogP contribution in [-0.2, 0) is 9.59 Å². The molecular weight excluding hydrogens is 316 g/mol. The van der Waals surface area contributed by atoms with Gasteiger partial charge in [0.1, 0.15) is 12.2 Å². The van der Waals surface area contributed by atoms with E-state index < -0.39 is 23.6 Å². The minimum absolute atomic E-state index is 0.128. The number of β-amino-alcohol motifs (C(OH)–C–C–N with tert-alkyl or cyclic N) is 1. The van der Waals surface area contributed by atoms with Crippen LogP contribution in [0, 0.1) is 5.41 Å². The van der Waals surface area contributed by atoms with Gasteiger partial charge in [-0.2, -0.15) is 0 Å². The van der Waals surface area contributed by atoms with Gasteiger partial charge in [0.05, 0.1) is 17.7 Å². The van der Waals surface area contributed by atoms with Gasteiger partial charge in [-0.3, -0.25) is 14.6 Å². The SMILES string of the molecule is CSC=NC(C)NC(=O)[C@@H]1C[C@@H](O)CN1C(=O)[C@@H](N)C(C)(C)C. The zero-order chi connectivity index (χ0) is 17.8. The largest absolute Gasteiger partial charge is 0.391 e. The molecule has 0 radical (unpaired) electrons. The molecule has 1 heterocycles. The molecule has 0 aromatic rings. The number of aliphatic hydroxyl groups is 1. The Morgan fingerprint density at radius 3 is 2.61 bits per heavy atom. The van der Waals surface area contributed by atoms with Gasteiger partial charge in [0.25, 0.3) is 0 Å². The van der Waals surface area contributed by atoms with Crippen molar-refractivity contribution in [1.82, 2.24) is 10.2 Å².